The highest BCUT2D eigenvalue weighted by atomic mass is 16.6. The number of piperidine rings is 1. The quantitative estimate of drug-likeness (QED) is 0.374. The first kappa shape index (κ1) is 26.8. The summed E-state index contributed by atoms with van der Waals surface area (Å²) in [6.07, 6.45) is 4.92. The summed E-state index contributed by atoms with van der Waals surface area (Å²) in [5, 5.41) is 3.27. The summed E-state index contributed by atoms with van der Waals surface area (Å²) in [6.45, 7) is 11.1. The number of aromatic amines is 1. The molecule has 0 aliphatic carbocycles. The number of nitrogens with one attached hydrogen (secondary N) is 2. The van der Waals surface area contributed by atoms with Crippen LogP contribution < -0.4 is 16.6 Å². The van der Waals surface area contributed by atoms with E-state index >= 15 is 0 Å². The van der Waals surface area contributed by atoms with Gasteiger partial charge < -0.3 is 25.7 Å². The molecule has 1 fully saturated rings. The lowest BCUT2D eigenvalue weighted by molar-refractivity contribution is 0.0205. The molecule has 38 heavy (non-hydrogen) atoms. The smallest absolute Gasteiger partial charge is 0.410 e. The van der Waals surface area contributed by atoms with Crippen LogP contribution in [0.2, 0.25) is 0 Å². The van der Waals surface area contributed by atoms with Gasteiger partial charge in [0.1, 0.15) is 5.60 Å². The van der Waals surface area contributed by atoms with Crippen LogP contribution in [0, 0.1) is 0 Å². The van der Waals surface area contributed by atoms with Gasteiger partial charge in [0.05, 0.1) is 5.56 Å². The van der Waals surface area contributed by atoms with E-state index in [0.717, 1.165) is 24.1 Å². The fraction of sp³-hybridized carbons (Fsp3) is 0.290. The largest absolute Gasteiger partial charge is 0.444 e. The number of carbonyl (C=O) groups is 1. The van der Waals surface area contributed by atoms with Crippen LogP contribution in [-0.2, 0) is 4.74 Å². The maximum Gasteiger partial charge on any atom is 0.410 e. The van der Waals surface area contributed by atoms with Crippen molar-refractivity contribution in [1.29, 1.82) is 0 Å². The Morgan fingerprint density at radius 2 is 1.74 bits per heavy atom. The highest BCUT2D eigenvalue weighted by Gasteiger charge is 2.27. The number of likely N-dealkylation sites (tertiary alicyclic amines) is 1. The molecule has 0 atom stereocenters. The molecule has 0 saturated carbocycles. The van der Waals surface area contributed by atoms with E-state index in [1.54, 1.807) is 17.2 Å². The van der Waals surface area contributed by atoms with E-state index < -0.39 is 5.60 Å². The lowest BCUT2D eigenvalue weighted by atomic mass is 9.89. The number of nitrogens with zero attached hydrogens (tertiary/aromatic N) is 1. The molecular weight excluding hydrogens is 476 g/mol. The van der Waals surface area contributed by atoms with Crippen LogP contribution in [-0.4, -0.2) is 34.7 Å². The third kappa shape index (κ3) is 6.73. The molecule has 1 aliphatic heterocycles. The number of pyridine rings is 1. The second-order valence-corrected chi connectivity index (χ2v) is 10.6. The maximum absolute atomic E-state index is 12.7. The average Bonchev–Trinajstić information content (AvgIpc) is 2.89. The van der Waals surface area contributed by atoms with Crippen molar-refractivity contribution < 1.29 is 9.53 Å². The van der Waals surface area contributed by atoms with Crippen molar-refractivity contribution >= 4 is 29.3 Å². The van der Waals surface area contributed by atoms with Crippen LogP contribution in [0.5, 0.6) is 0 Å². The van der Waals surface area contributed by atoms with E-state index in [4.69, 9.17) is 10.5 Å². The number of hydrogen-bond acceptors (Lipinski definition) is 5. The average molecular weight is 513 g/mol. The number of ether oxygens (including phenoxy) is 1. The van der Waals surface area contributed by atoms with Gasteiger partial charge >= 0.3 is 6.09 Å². The molecule has 1 aliphatic rings. The van der Waals surface area contributed by atoms with Gasteiger partial charge in [-0.2, -0.15) is 0 Å². The van der Waals surface area contributed by atoms with Crippen LogP contribution in [0.4, 0.5) is 10.5 Å². The molecule has 0 unspecified atom stereocenters. The zero-order valence-electron chi connectivity index (χ0n) is 22.3. The van der Waals surface area contributed by atoms with Crippen LogP contribution in [0.3, 0.4) is 0 Å². The van der Waals surface area contributed by atoms with Crippen molar-refractivity contribution in [2.75, 3.05) is 18.4 Å². The number of hydrogen-bond donors (Lipinski definition) is 3. The second-order valence-electron chi connectivity index (χ2n) is 10.6. The van der Waals surface area contributed by atoms with Gasteiger partial charge in [-0.15, -0.1) is 0 Å². The van der Waals surface area contributed by atoms with E-state index in [-0.39, 0.29) is 11.7 Å². The number of aromatic nitrogens is 1. The van der Waals surface area contributed by atoms with E-state index in [1.807, 2.05) is 69.3 Å². The third-order valence-corrected chi connectivity index (χ3v) is 6.54. The summed E-state index contributed by atoms with van der Waals surface area (Å²) >= 11 is 0. The highest BCUT2D eigenvalue weighted by Crippen LogP contribution is 2.30. The Balaban J connectivity index is 1.42. The molecule has 0 radical (unpaired) electrons. The molecule has 0 spiro atoms. The van der Waals surface area contributed by atoms with Crippen LogP contribution in [0.25, 0.3) is 17.5 Å². The van der Waals surface area contributed by atoms with Gasteiger partial charge in [-0.3, -0.25) is 4.79 Å². The van der Waals surface area contributed by atoms with Crippen molar-refractivity contribution in [3.63, 3.8) is 0 Å². The van der Waals surface area contributed by atoms with Crippen molar-refractivity contribution in [2.45, 2.75) is 45.1 Å². The van der Waals surface area contributed by atoms with Crippen molar-refractivity contribution in [3.8, 4) is 0 Å². The van der Waals surface area contributed by atoms with Gasteiger partial charge in [0, 0.05) is 36.4 Å². The molecule has 198 valence electrons. The van der Waals surface area contributed by atoms with Gasteiger partial charge in [0.2, 0.25) is 0 Å². The van der Waals surface area contributed by atoms with E-state index in [2.05, 4.69) is 29.0 Å². The molecule has 2 aromatic carbocycles. The van der Waals surface area contributed by atoms with Crippen molar-refractivity contribution in [3.05, 3.63) is 106 Å². The first-order valence-electron chi connectivity index (χ1n) is 12.9. The zero-order valence-corrected chi connectivity index (χ0v) is 22.3. The standard InChI is InChI=1S/C31H36N4O3/c1-21(28-25(14-17-33-29(28)36)20-27(32)24-8-6-5-7-9-24)34-26-12-10-22(11-13-26)23-15-18-35(19-16-23)30(37)38-31(2,3)4/h5-14,17,20,23,34H,1,15-16,18-19,32H2,2-4H3,(H,33,36)/b27-20-. The number of amides is 1. The normalized spacial score (nSPS) is 14.7. The number of benzene rings is 2. The molecule has 3 aromatic rings. The maximum atomic E-state index is 12.7. The van der Waals surface area contributed by atoms with Crippen LogP contribution in [0.15, 0.2) is 78.2 Å². The summed E-state index contributed by atoms with van der Waals surface area (Å²) in [5.74, 6) is 0.376. The molecule has 1 saturated heterocycles. The van der Waals surface area contributed by atoms with Gasteiger partial charge in [-0.1, -0.05) is 49.0 Å². The molecule has 7 nitrogen and oxygen atoms in total. The summed E-state index contributed by atoms with van der Waals surface area (Å²) in [6, 6.07) is 19.6. The van der Waals surface area contributed by atoms with Gasteiger partial charge in [-0.05, 0) is 80.5 Å². The Kier molecular flexibility index (Phi) is 8.05. The van der Waals surface area contributed by atoms with Crippen LogP contribution in [0.1, 0.15) is 61.8 Å². The Morgan fingerprint density at radius 1 is 1.08 bits per heavy atom. The Morgan fingerprint density at radius 3 is 2.37 bits per heavy atom. The highest BCUT2D eigenvalue weighted by molar-refractivity contribution is 5.86. The second kappa shape index (κ2) is 11.4. The van der Waals surface area contributed by atoms with Gasteiger partial charge in [0.15, 0.2) is 0 Å². The molecule has 7 heteroatoms. The molecule has 4 N–H and O–H groups in total. The molecule has 0 bridgehead atoms. The fourth-order valence-electron chi connectivity index (χ4n) is 4.60. The lowest BCUT2D eigenvalue weighted by Gasteiger charge is -2.33. The number of H-pyrrole nitrogens is 1. The molecule has 4 rings (SSSR count). The Labute approximate surface area is 224 Å². The van der Waals surface area contributed by atoms with E-state index in [9.17, 15) is 9.59 Å². The molecule has 2 heterocycles. The minimum atomic E-state index is -0.489. The summed E-state index contributed by atoms with van der Waals surface area (Å²) < 4.78 is 5.50. The predicted octanol–water partition coefficient (Wildman–Crippen LogP) is 6.03. The zero-order chi connectivity index (χ0) is 27.3. The lowest BCUT2D eigenvalue weighted by Crippen LogP contribution is -2.41. The summed E-state index contributed by atoms with van der Waals surface area (Å²) in [4.78, 5) is 29.6. The SMILES string of the molecule is C=C(Nc1ccc(C2CCN(C(=O)OC(C)(C)C)CC2)cc1)c1c(/C=C(\N)c2ccccc2)cc[nH]c1=O. The first-order chi connectivity index (χ1) is 18.1. The molecule has 1 amide bonds. The number of carbonyl (C=O) groups excluding carboxylic acids is 1. The minimum Gasteiger partial charge on any atom is -0.444 e. The topological polar surface area (TPSA) is 100 Å². The predicted molar refractivity (Wildman–Crippen MR) is 154 cm³/mol. The molecule has 1 aromatic heterocycles. The molecular formula is C31H36N4O3. The summed E-state index contributed by atoms with van der Waals surface area (Å²) in [7, 11) is 0. The van der Waals surface area contributed by atoms with Crippen LogP contribution >= 0.6 is 0 Å². The van der Waals surface area contributed by atoms with Crippen molar-refractivity contribution in [1.82, 2.24) is 9.88 Å². The third-order valence-electron chi connectivity index (χ3n) is 6.54. The van der Waals surface area contributed by atoms with E-state index in [1.165, 1.54) is 5.56 Å². The Bertz CT molecular complexity index is 1360. The Hall–Kier alpha value is -4.26. The van der Waals surface area contributed by atoms with Crippen molar-refractivity contribution in [2.24, 2.45) is 5.73 Å². The van der Waals surface area contributed by atoms with E-state index in [0.29, 0.717) is 41.5 Å². The summed E-state index contributed by atoms with van der Waals surface area (Å²) in [5.41, 5.74) is 10.7. The van der Waals surface area contributed by atoms with Gasteiger partial charge in [-0.25, -0.2) is 4.79 Å². The monoisotopic (exact) mass is 512 g/mol. The number of anilines is 1. The number of nitrogens with two attached hydrogens (primary N) is 1. The first-order valence-corrected chi connectivity index (χ1v) is 12.9. The van der Waals surface area contributed by atoms with Gasteiger partial charge in [0.25, 0.3) is 5.56 Å². The minimum absolute atomic E-state index is 0.245. The number of rotatable bonds is 6. The fourth-order valence-corrected chi connectivity index (χ4v) is 4.60.